The van der Waals surface area contributed by atoms with E-state index in [-0.39, 0.29) is 0 Å². The smallest absolute Gasteiger partial charge is 0.0663 e. The summed E-state index contributed by atoms with van der Waals surface area (Å²) in [5, 5.41) is 3.61. The molecule has 1 heterocycles. The standard InChI is InChI=1S/C16H26N2O/c1-4-17-15-9-7-11-18(13(2)12-19-3)16-10-6-5-8-14(15)16/h5-6,8,10,13,15,17H,4,7,9,11-12H2,1-3H3. The second-order valence-electron chi connectivity index (χ2n) is 5.31. The molecule has 1 aliphatic heterocycles. The van der Waals surface area contributed by atoms with Crippen LogP contribution in [-0.2, 0) is 4.74 Å². The maximum Gasteiger partial charge on any atom is 0.0663 e. The van der Waals surface area contributed by atoms with Crippen molar-refractivity contribution < 1.29 is 4.74 Å². The van der Waals surface area contributed by atoms with Crippen LogP contribution in [0.1, 0.15) is 38.3 Å². The number of fused-ring (bicyclic) bond motifs is 1. The summed E-state index contributed by atoms with van der Waals surface area (Å²) in [5.41, 5.74) is 2.81. The van der Waals surface area contributed by atoms with Crippen molar-refractivity contribution in [1.82, 2.24) is 5.32 Å². The Kier molecular flexibility index (Phi) is 5.23. The van der Waals surface area contributed by atoms with Crippen molar-refractivity contribution in [3.05, 3.63) is 29.8 Å². The number of ether oxygens (including phenoxy) is 1. The number of para-hydroxylation sites is 1. The Morgan fingerprint density at radius 3 is 2.95 bits per heavy atom. The van der Waals surface area contributed by atoms with Gasteiger partial charge in [0.05, 0.1) is 6.61 Å². The summed E-state index contributed by atoms with van der Waals surface area (Å²) in [5.74, 6) is 0. The van der Waals surface area contributed by atoms with Gasteiger partial charge in [0.25, 0.3) is 0 Å². The summed E-state index contributed by atoms with van der Waals surface area (Å²) < 4.78 is 5.33. The van der Waals surface area contributed by atoms with Crippen molar-refractivity contribution in [3.63, 3.8) is 0 Å². The van der Waals surface area contributed by atoms with Gasteiger partial charge in [-0.2, -0.15) is 0 Å². The fraction of sp³-hybridized carbons (Fsp3) is 0.625. The van der Waals surface area contributed by atoms with Gasteiger partial charge in [-0.15, -0.1) is 0 Å². The summed E-state index contributed by atoms with van der Waals surface area (Å²) in [4.78, 5) is 2.50. The number of benzene rings is 1. The van der Waals surface area contributed by atoms with E-state index >= 15 is 0 Å². The van der Waals surface area contributed by atoms with E-state index in [4.69, 9.17) is 4.74 Å². The van der Waals surface area contributed by atoms with Crippen LogP contribution in [0.5, 0.6) is 0 Å². The summed E-state index contributed by atoms with van der Waals surface area (Å²) >= 11 is 0. The Hall–Kier alpha value is -1.06. The molecule has 3 nitrogen and oxygen atoms in total. The third kappa shape index (κ3) is 3.28. The van der Waals surface area contributed by atoms with Crippen LogP contribution in [0.15, 0.2) is 24.3 Å². The topological polar surface area (TPSA) is 24.5 Å². The van der Waals surface area contributed by atoms with Crippen molar-refractivity contribution in [3.8, 4) is 0 Å². The molecule has 0 bridgehead atoms. The van der Waals surface area contributed by atoms with Crippen LogP contribution in [0.4, 0.5) is 5.69 Å². The van der Waals surface area contributed by atoms with Gasteiger partial charge in [-0.05, 0) is 37.9 Å². The van der Waals surface area contributed by atoms with Crippen molar-refractivity contribution in [2.24, 2.45) is 0 Å². The molecule has 19 heavy (non-hydrogen) atoms. The first-order valence-electron chi connectivity index (χ1n) is 7.35. The Morgan fingerprint density at radius 1 is 1.42 bits per heavy atom. The second kappa shape index (κ2) is 6.92. The van der Waals surface area contributed by atoms with Crippen LogP contribution < -0.4 is 10.2 Å². The van der Waals surface area contributed by atoms with E-state index in [0.717, 1.165) is 19.7 Å². The van der Waals surface area contributed by atoms with Crippen molar-refractivity contribution in [1.29, 1.82) is 0 Å². The van der Waals surface area contributed by atoms with Crippen molar-refractivity contribution in [2.45, 2.75) is 38.8 Å². The molecule has 0 saturated carbocycles. The fourth-order valence-electron chi connectivity index (χ4n) is 3.03. The van der Waals surface area contributed by atoms with E-state index in [1.54, 1.807) is 7.11 Å². The number of hydrogen-bond donors (Lipinski definition) is 1. The minimum Gasteiger partial charge on any atom is -0.383 e. The fourth-order valence-corrected chi connectivity index (χ4v) is 3.03. The zero-order chi connectivity index (χ0) is 13.7. The molecule has 106 valence electrons. The molecule has 0 spiro atoms. The zero-order valence-corrected chi connectivity index (χ0v) is 12.4. The molecule has 1 N–H and O–H groups in total. The summed E-state index contributed by atoms with van der Waals surface area (Å²) in [7, 11) is 1.78. The minimum atomic E-state index is 0.423. The molecule has 0 amide bonds. The number of nitrogens with zero attached hydrogens (tertiary/aromatic N) is 1. The van der Waals surface area contributed by atoms with Gasteiger partial charge in [0.15, 0.2) is 0 Å². The van der Waals surface area contributed by atoms with E-state index in [0.29, 0.717) is 12.1 Å². The molecular formula is C16H26N2O. The molecule has 0 saturated heterocycles. The first-order valence-corrected chi connectivity index (χ1v) is 7.35. The van der Waals surface area contributed by atoms with Gasteiger partial charge >= 0.3 is 0 Å². The Balaban J connectivity index is 2.30. The molecule has 0 radical (unpaired) electrons. The molecule has 1 aliphatic rings. The van der Waals surface area contributed by atoms with Crippen LogP contribution in [0.2, 0.25) is 0 Å². The first-order chi connectivity index (χ1) is 9.27. The van der Waals surface area contributed by atoms with Crippen LogP contribution in [0.3, 0.4) is 0 Å². The number of methoxy groups -OCH3 is 1. The van der Waals surface area contributed by atoms with E-state index < -0.39 is 0 Å². The highest BCUT2D eigenvalue weighted by atomic mass is 16.5. The van der Waals surface area contributed by atoms with Gasteiger partial charge in [0, 0.05) is 31.4 Å². The highest BCUT2D eigenvalue weighted by Gasteiger charge is 2.24. The second-order valence-corrected chi connectivity index (χ2v) is 5.31. The molecule has 3 heteroatoms. The maximum absolute atomic E-state index is 5.33. The SMILES string of the molecule is CCNC1CCCN(C(C)COC)c2ccccc21. The molecule has 0 aromatic heterocycles. The lowest BCUT2D eigenvalue weighted by Crippen LogP contribution is -2.37. The first kappa shape index (κ1) is 14.4. The molecular weight excluding hydrogens is 236 g/mol. The number of nitrogens with one attached hydrogen (secondary N) is 1. The Labute approximate surface area is 116 Å². The summed E-state index contributed by atoms with van der Waals surface area (Å²) in [6, 6.07) is 9.71. The molecule has 1 aromatic rings. The molecule has 2 atom stereocenters. The number of anilines is 1. The van der Waals surface area contributed by atoms with Gasteiger partial charge in [0.2, 0.25) is 0 Å². The van der Waals surface area contributed by atoms with Crippen LogP contribution in [0, 0.1) is 0 Å². The number of hydrogen-bond acceptors (Lipinski definition) is 3. The summed E-state index contributed by atoms with van der Waals surface area (Å²) in [6.45, 7) is 7.34. The zero-order valence-electron chi connectivity index (χ0n) is 12.4. The monoisotopic (exact) mass is 262 g/mol. The third-order valence-corrected chi connectivity index (χ3v) is 3.90. The van der Waals surface area contributed by atoms with Gasteiger partial charge in [0.1, 0.15) is 0 Å². The lowest BCUT2D eigenvalue weighted by molar-refractivity contribution is 0.181. The van der Waals surface area contributed by atoms with E-state index in [9.17, 15) is 0 Å². The largest absolute Gasteiger partial charge is 0.383 e. The van der Waals surface area contributed by atoms with Gasteiger partial charge < -0.3 is 15.0 Å². The van der Waals surface area contributed by atoms with Crippen LogP contribution in [-0.4, -0.2) is 32.8 Å². The van der Waals surface area contributed by atoms with Gasteiger partial charge in [-0.1, -0.05) is 25.1 Å². The Bertz CT molecular complexity index is 394. The van der Waals surface area contributed by atoms with Crippen LogP contribution in [0.25, 0.3) is 0 Å². The lowest BCUT2D eigenvalue weighted by Gasteiger charge is -2.31. The van der Waals surface area contributed by atoms with E-state index in [2.05, 4.69) is 48.3 Å². The highest BCUT2D eigenvalue weighted by Crippen LogP contribution is 2.33. The van der Waals surface area contributed by atoms with Crippen LogP contribution >= 0.6 is 0 Å². The minimum absolute atomic E-state index is 0.423. The highest BCUT2D eigenvalue weighted by molar-refractivity contribution is 5.56. The molecule has 0 aliphatic carbocycles. The third-order valence-electron chi connectivity index (χ3n) is 3.90. The van der Waals surface area contributed by atoms with Gasteiger partial charge in [-0.25, -0.2) is 0 Å². The molecule has 2 unspecified atom stereocenters. The normalized spacial score (nSPS) is 20.8. The quantitative estimate of drug-likeness (QED) is 0.883. The lowest BCUT2D eigenvalue weighted by atomic mass is 10.0. The average Bonchev–Trinajstić information content (AvgIpc) is 2.60. The van der Waals surface area contributed by atoms with Gasteiger partial charge in [-0.3, -0.25) is 0 Å². The summed E-state index contributed by atoms with van der Waals surface area (Å²) in [6.07, 6.45) is 2.43. The molecule has 0 fully saturated rings. The predicted molar refractivity (Wildman–Crippen MR) is 80.8 cm³/mol. The van der Waals surface area contributed by atoms with Crippen molar-refractivity contribution in [2.75, 3.05) is 31.7 Å². The average molecular weight is 262 g/mol. The number of rotatable bonds is 5. The molecule has 2 rings (SSSR count). The predicted octanol–water partition coefficient (Wildman–Crippen LogP) is 2.97. The van der Waals surface area contributed by atoms with Crippen molar-refractivity contribution >= 4 is 5.69 Å². The van der Waals surface area contributed by atoms with E-state index in [1.807, 2.05) is 0 Å². The molecule has 1 aromatic carbocycles. The maximum atomic E-state index is 5.33. The Morgan fingerprint density at radius 2 is 2.21 bits per heavy atom. The van der Waals surface area contributed by atoms with E-state index in [1.165, 1.54) is 24.1 Å².